The summed E-state index contributed by atoms with van der Waals surface area (Å²) in [4.78, 5) is 24.9. The van der Waals surface area contributed by atoms with Crippen LogP contribution in [0.15, 0.2) is 60.4 Å². The van der Waals surface area contributed by atoms with Gasteiger partial charge in [0.2, 0.25) is 6.29 Å². The lowest BCUT2D eigenvalue weighted by atomic mass is 9.80. The molecule has 3 atom stereocenters. The monoisotopic (exact) mass is 454 g/mol. The Kier molecular flexibility index (Phi) is 8.46. The number of rotatable bonds is 9. The van der Waals surface area contributed by atoms with Crippen LogP contribution in [0.5, 0.6) is 0 Å². The zero-order valence-corrected chi connectivity index (χ0v) is 18.8. The molecule has 0 fully saturated rings. The minimum Gasteiger partial charge on any atom is -0.465 e. The number of para-hydroxylation sites is 2. The number of nitrogens with one attached hydrogen (secondary N) is 1. The van der Waals surface area contributed by atoms with Crippen molar-refractivity contribution in [2.75, 3.05) is 31.4 Å². The van der Waals surface area contributed by atoms with E-state index in [-0.39, 0.29) is 24.2 Å². The Balaban J connectivity index is 1.95. The number of esters is 1. The second kappa shape index (κ2) is 11.5. The first-order valence-corrected chi connectivity index (χ1v) is 10.9. The van der Waals surface area contributed by atoms with Crippen molar-refractivity contribution >= 4 is 23.3 Å². The Hall–Kier alpha value is -3.36. The van der Waals surface area contributed by atoms with E-state index in [0.717, 1.165) is 5.56 Å². The van der Waals surface area contributed by atoms with Gasteiger partial charge in [-0.25, -0.2) is 4.79 Å². The van der Waals surface area contributed by atoms with Crippen LogP contribution in [0.4, 0.5) is 11.4 Å². The molecule has 8 heteroatoms. The third kappa shape index (κ3) is 5.91. The summed E-state index contributed by atoms with van der Waals surface area (Å²) in [5, 5.41) is 12.2. The molecule has 8 nitrogen and oxygen atoms in total. The molecule has 1 aliphatic heterocycles. The van der Waals surface area contributed by atoms with Gasteiger partial charge in [-0.15, -0.1) is 0 Å². The summed E-state index contributed by atoms with van der Waals surface area (Å²) in [6.07, 6.45) is 2.27. The van der Waals surface area contributed by atoms with Gasteiger partial charge in [-0.3, -0.25) is 4.79 Å². The van der Waals surface area contributed by atoms with Gasteiger partial charge in [0.15, 0.2) is 5.76 Å². The van der Waals surface area contributed by atoms with Crippen molar-refractivity contribution in [2.45, 2.75) is 32.0 Å². The van der Waals surface area contributed by atoms with Crippen molar-refractivity contribution in [3.63, 3.8) is 0 Å². The molecule has 0 radical (unpaired) electrons. The zero-order valence-electron chi connectivity index (χ0n) is 18.8. The Bertz CT molecular complexity index is 989. The van der Waals surface area contributed by atoms with E-state index in [2.05, 4.69) is 5.32 Å². The predicted molar refractivity (Wildman–Crippen MR) is 124 cm³/mol. The maximum Gasteiger partial charge on any atom is 0.337 e. The highest BCUT2D eigenvalue weighted by Crippen LogP contribution is 2.39. The third-order valence-electron chi connectivity index (χ3n) is 5.56. The second-order valence-corrected chi connectivity index (χ2v) is 7.68. The molecule has 0 unspecified atom stereocenters. The van der Waals surface area contributed by atoms with Crippen LogP contribution in [-0.4, -0.2) is 43.6 Å². The first kappa shape index (κ1) is 24.3. The number of carbonyl (C=O) groups excluding carboxylic acids is 2. The smallest absolute Gasteiger partial charge is 0.337 e. The number of hydrogen-bond donors (Lipinski definition) is 3. The fraction of sp³-hybridized carbons (Fsp3) is 0.360. The molecule has 33 heavy (non-hydrogen) atoms. The van der Waals surface area contributed by atoms with Gasteiger partial charge in [0.05, 0.1) is 24.0 Å². The molecule has 3 rings (SSSR count). The number of anilines is 2. The Morgan fingerprint density at radius 1 is 1.15 bits per heavy atom. The maximum atomic E-state index is 13.0. The van der Waals surface area contributed by atoms with E-state index >= 15 is 0 Å². The Morgan fingerprint density at radius 2 is 1.88 bits per heavy atom. The highest BCUT2D eigenvalue weighted by Gasteiger charge is 2.38. The lowest BCUT2D eigenvalue weighted by Gasteiger charge is -2.37. The lowest BCUT2D eigenvalue weighted by molar-refractivity contribution is -0.165. The summed E-state index contributed by atoms with van der Waals surface area (Å²) >= 11 is 0. The van der Waals surface area contributed by atoms with E-state index in [0.29, 0.717) is 36.4 Å². The summed E-state index contributed by atoms with van der Waals surface area (Å²) in [5.41, 5.74) is 8.21. The number of amides is 1. The molecule has 1 heterocycles. The topological polar surface area (TPSA) is 120 Å². The molecule has 4 N–H and O–H groups in total. The fourth-order valence-electron chi connectivity index (χ4n) is 3.90. The van der Waals surface area contributed by atoms with Crippen molar-refractivity contribution in [3.8, 4) is 0 Å². The van der Waals surface area contributed by atoms with Gasteiger partial charge in [0.25, 0.3) is 5.91 Å². The average molecular weight is 455 g/mol. The normalized spacial score (nSPS) is 19.8. The van der Waals surface area contributed by atoms with Gasteiger partial charge in [-0.2, -0.15) is 0 Å². The van der Waals surface area contributed by atoms with Crippen LogP contribution < -0.4 is 11.1 Å². The number of ether oxygens (including phenoxy) is 3. The van der Waals surface area contributed by atoms with Gasteiger partial charge in [0, 0.05) is 25.0 Å². The van der Waals surface area contributed by atoms with Crippen LogP contribution in [0.25, 0.3) is 0 Å². The number of nitrogens with two attached hydrogens (primary N) is 1. The van der Waals surface area contributed by atoms with Crippen molar-refractivity contribution in [2.24, 2.45) is 5.92 Å². The average Bonchev–Trinajstić information content (AvgIpc) is 2.84. The van der Waals surface area contributed by atoms with Crippen LogP contribution in [0.3, 0.4) is 0 Å². The van der Waals surface area contributed by atoms with Crippen LogP contribution in [-0.2, 0) is 19.0 Å². The molecule has 0 aliphatic carbocycles. The number of methoxy groups -OCH3 is 1. The third-order valence-corrected chi connectivity index (χ3v) is 5.56. The molecule has 0 saturated carbocycles. The van der Waals surface area contributed by atoms with E-state index in [9.17, 15) is 14.7 Å². The number of nitrogen functional groups attached to an aromatic ring is 1. The van der Waals surface area contributed by atoms with Gasteiger partial charge in [0.1, 0.15) is 0 Å². The molecule has 0 aromatic heterocycles. The number of allylic oxidation sites excluding steroid dienone is 1. The first-order chi connectivity index (χ1) is 16.0. The summed E-state index contributed by atoms with van der Waals surface area (Å²) < 4.78 is 16.6. The van der Waals surface area contributed by atoms with Gasteiger partial charge in [-0.05, 0) is 55.7 Å². The molecule has 1 amide bonds. The highest BCUT2D eigenvalue weighted by atomic mass is 16.7. The number of carbonyl (C=O) groups is 2. The molecule has 0 bridgehead atoms. The van der Waals surface area contributed by atoms with E-state index in [1.54, 1.807) is 42.5 Å². The number of hydrogen-bond acceptors (Lipinski definition) is 7. The van der Waals surface area contributed by atoms with Crippen LogP contribution >= 0.6 is 0 Å². The summed E-state index contributed by atoms with van der Waals surface area (Å²) in [7, 11) is 1.33. The summed E-state index contributed by atoms with van der Waals surface area (Å²) in [6.45, 7) is 2.29. The second-order valence-electron chi connectivity index (χ2n) is 7.68. The molecule has 2 aromatic rings. The fourth-order valence-corrected chi connectivity index (χ4v) is 3.90. The molecule has 1 aliphatic rings. The predicted octanol–water partition coefficient (Wildman–Crippen LogP) is 3.44. The van der Waals surface area contributed by atoms with Crippen molar-refractivity contribution < 1.29 is 28.9 Å². The van der Waals surface area contributed by atoms with E-state index in [1.165, 1.54) is 7.11 Å². The summed E-state index contributed by atoms with van der Waals surface area (Å²) in [6, 6.07) is 14.0. The molecule has 2 aromatic carbocycles. The Labute approximate surface area is 193 Å². The van der Waals surface area contributed by atoms with Crippen LogP contribution in [0.1, 0.15) is 41.6 Å². The quantitative estimate of drug-likeness (QED) is 0.392. The first-order valence-electron chi connectivity index (χ1n) is 10.9. The molecular weight excluding hydrogens is 424 g/mol. The van der Waals surface area contributed by atoms with Crippen LogP contribution in [0.2, 0.25) is 0 Å². The standard InChI is InChI=1S/C25H30N2O6/c1-3-32-25-18(7-6-14-28)19(16-10-12-17(13-11-16)24(30)31-2)15-22(33-25)23(29)27-21-9-5-4-8-20(21)26/h4-5,8-13,15,18-19,25,28H,3,6-7,14,26H2,1-2H3,(H,27,29)/t18-,19-,25-/m1/s1. The van der Waals surface area contributed by atoms with E-state index < -0.39 is 18.2 Å². The maximum absolute atomic E-state index is 13.0. The highest BCUT2D eigenvalue weighted by molar-refractivity contribution is 6.04. The SMILES string of the molecule is CCO[C@@H]1OC(C(=O)Nc2ccccc2N)=C[C@H](c2ccc(C(=O)OC)cc2)[C@H]1CCCO. The summed E-state index contributed by atoms with van der Waals surface area (Å²) in [5.74, 6) is -1.11. The minimum atomic E-state index is -0.675. The molecule has 176 valence electrons. The lowest BCUT2D eigenvalue weighted by Crippen LogP contribution is -2.37. The minimum absolute atomic E-state index is 0.0354. The van der Waals surface area contributed by atoms with E-state index in [1.807, 2.05) is 19.1 Å². The van der Waals surface area contributed by atoms with Gasteiger partial charge < -0.3 is 30.4 Å². The Morgan fingerprint density at radius 3 is 2.52 bits per heavy atom. The number of benzene rings is 2. The zero-order chi connectivity index (χ0) is 23.8. The molecule has 0 spiro atoms. The molecular formula is C25H30N2O6. The van der Waals surface area contributed by atoms with Crippen LogP contribution in [0, 0.1) is 5.92 Å². The largest absolute Gasteiger partial charge is 0.465 e. The number of aliphatic hydroxyl groups is 1. The van der Waals surface area contributed by atoms with Gasteiger partial charge in [-0.1, -0.05) is 24.3 Å². The van der Waals surface area contributed by atoms with Crippen molar-refractivity contribution in [1.82, 2.24) is 0 Å². The van der Waals surface area contributed by atoms with Crippen molar-refractivity contribution in [3.05, 3.63) is 71.5 Å². The van der Waals surface area contributed by atoms with Gasteiger partial charge >= 0.3 is 5.97 Å². The van der Waals surface area contributed by atoms with E-state index in [4.69, 9.17) is 19.9 Å². The number of aliphatic hydroxyl groups excluding tert-OH is 1. The molecule has 0 saturated heterocycles. The van der Waals surface area contributed by atoms with Crippen molar-refractivity contribution in [1.29, 1.82) is 0 Å².